The van der Waals surface area contributed by atoms with Crippen molar-refractivity contribution in [2.45, 2.75) is 4.90 Å². The Bertz CT molecular complexity index is 977. The van der Waals surface area contributed by atoms with Crippen LogP contribution in [0.4, 0.5) is 22.0 Å². The van der Waals surface area contributed by atoms with E-state index in [9.17, 15) is 35.2 Å². The van der Waals surface area contributed by atoms with Gasteiger partial charge in [0, 0.05) is 12.1 Å². The summed E-state index contributed by atoms with van der Waals surface area (Å²) in [5.74, 6) is -14.5. The summed E-state index contributed by atoms with van der Waals surface area (Å²) in [5.41, 5.74) is 0.0482. The summed E-state index contributed by atoms with van der Waals surface area (Å²) in [4.78, 5) is 11.0. The summed E-state index contributed by atoms with van der Waals surface area (Å²) in [6.45, 7) is 3.55. The largest absolute Gasteiger partial charge is 0.372 e. The quantitative estimate of drug-likeness (QED) is 0.263. The summed E-state index contributed by atoms with van der Waals surface area (Å²) in [6, 6.07) is 3.86. The van der Waals surface area contributed by atoms with E-state index in [0.29, 0.717) is 0 Å². The van der Waals surface area contributed by atoms with Crippen molar-refractivity contribution >= 4 is 16.0 Å². The van der Waals surface area contributed by atoms with Gasteiger partial charge in [0.2, 0.25) is 34.8 Å². The third-order valence-electron chi connectivity index (χ3n) is 3.17. The molecule has 2 rings (SSSR count). The molecule has 2 aromatic rings. The minimum absolute atomic E-state index is 0.0482. The Kier molecular flexibility index (Phi) is 5.84. The van der Waals surface area contributed by atoms with Crippen LogP contribution in [0.5, 0.6) is 5.75 Å². The highest BCUT2D eigenvalue weighted by Crippen LogP contribution is 2.31. The molecule has 2 aromatic carbocycles. The zero-order chi connectivity index (χ0) is 20.4. The molecule has 0 fully saturated rings. The van der Waals surface area contributed by atoms with Crippen LogP contribution in [0.1, 0.15) is 10.4 Å². The Labute approximate surface area is 150 Å². The maximum atomic E-state index is 13.6. The molecule has 0 saturated heterocycles. The van der Waals surface area contributed by atoms with Crippen LogP contribution in [0.3, 0.4) is 0 Å². The van der Waals surface area contributed by atoms with Gasteiger partial charge in [-0.25, -0.2) is 13.2 Å². The molecule has 0 radical (unpaired) electrons. The minimum Gasteiger partial charge on any atom is -0.372 e. The highest BCUT2D eigenvalue weighted by molar-refractivity contribution is 7.87. The van der Waals surface area contributed by atoms with Gasteiger partial charge in [-0.15, -0.1) is 6.58 Å². The predicted molar refractivity (Wildman–Crippen MR) is 83.0 cm³/mol. The molecule has 1 amide bonds. The Morgan fingerprint density at radius 2 is 1.44 bits per heavy atom. The lowest BCUT2D eigenvalue weighted by Crippen LogP contribution is -2.23. The van der Waals surface area contributed by atoms with Crippen LogP contribution in [-0.2, 0) is 10.1 Å². The molecule has 0 saturated carbocycles. The molecular weight excluding hydrogens is 397 g/mol. The lowest BCUT2D eigenvalue weighted by Gasteiger charge is -2.11. The number of benzene rings is 2. The highest BCUT2D eigenvalue weighted by atomic mass is 32.2. The molecule has 0 aliphatic heterocycles. The third-order valence-corrected chi connectivity index (χ3v) is 4.41. The van der Waals surface area contributed by atoms with Crippen LogP contribution in [0.25, 0.3) is 0 Å². The average molecular weight is 407 g/mol. The number of nitrogens with one attached hydrogen (secondary N) is 1. The van der Waals surface area contributed by atoms with Gasteiger partial charge in [0.1, 0.15) is 4.90 Å². The first-order valence-electron chi connectivity index (χ1n) is 7.05. The molecular formula is C16H10F5NO4S. The van der Waals surface area contributed by atoms with Gasteiger partial charge in [-0.3, -0.25) is 4.79 Å². The highest BCUT2D eigenvalue weighted by Gasteiger charge is 2.31. The second-order valence-corrected chi connectivity index (χ2v) is 6.51. The van der Waals surface area contributed by atoms with E-state index in [0.717, 1.165) is 24.3 Å². The van der Waals surface area contributed by atoms with Crippen molar-refractivity contribution in [1.29, 1.82) is 0 Å². The van der Waals surface area contributed by atoms with Gasteiger partial charge in [0.25, 0.3) is 5.91 Å². The first-order valence-corrected chi connectivity index (χ1v) is 8.46. The van der Waals surface area contributed by atoms with Crippen molar-refractivity contribution in [1.82, 2.24) is 5.32 Å². The van der Waals surface area contributed by atoms with Crippen LogP contribution < -0.4 is 9.50 Å². The van der Waals surface area contributed by atoms with Crippen LogP contribution >= 0.6 is 0 Å². The van der Waals surface area contributed by atoms with Gasteiger partial charge in [0.05, 0.1) is 0 Å². The van der Waals surface area contributed by atoms with Crippen molar-refractivity contribution in [3.63, 3.8) is 0 Å². The van der Waals surface area contributed by atoms with E-state index in [1.807, 2.05) is 0 Å². The molecule has 0 aromatic heterocycles. The van der Waals surface area contributed by atoms with Crippen molar-refractivity contribution in [3.8, 4) is 5.75 Å². The average Bonchev–Trinajstić information content (AvgIpc) is 2.66. The van der Waals surface area contributed by atoms with E-state index in [4.69, 9.17) is 0 Å². The van der Waals surface area contributed by atoms with E-state index >= 15 is 0 Å². The van der Waals surface area contributed by atoms with Crippen molar-refractivity contribution in [2.24, 2.45) is 0 Å². The van der Waals surface area contributed by atoms with Crippen LogP contribution in [0.2, 0.25) is 0 Å². The Balaban J connectivity index is 2.35. The molecule has 0 spiro atoms. The standard InChI is InChI=1S/C16H10F5NO4S/c1-2-7-22-16(23)8-3-5-9(6-4-8)27(24,25)26-15-13(20)11(18)10(17)12(19)14(15)21/h2-6H,1,7H2,(H,22,23). The number of hydrogen-bond acceptors (Lipinski definition) is 4. The summed E-state index contributed by atoms with van der Waals surface area (Å²) in [7, 11) is -4.95. The summed E-state index contributed by atoms with van der Waals surface area (Å²) in [5, 5.41) is 2.42. The molecule has 0 heterocycles. The molecule has 1 N–H and O–H groups in total. The minimum atomic E-state index is -4.95. The summed E-state index contributed by atoms with van der Waals surface area (Å²) >= 11 is 0. The van der Waals surface area contributed by atoms with Gasteiger partial charge in [-0.2, -0.15) is 17.2 Å². The van der Waals surface area contributed by atoms with Crippen LogP contribution in [0, 0.1) is 29.1 Å². The first-order chi connectivity index (χ1) is 12.6. The Hall–Kier alpha value is -2.95. The van der Waals surface area contributed by atoms with E-state index in [1.54, 1.807) is 0 Å². The van der Waals surface area contributed by atoms with Gasteiger partial charge in [-0.1, -0.05) is 6.08 Å². The van der Waals surface area contributed by atoms with Crippen molar-refractivity contribution < 1.29 is 39.3 Å². The molecule has 11 heteroatoms. The number of hydrogen-bond donors (Lipinski definition) is 1. The lowest BCUT2D eigenvalue weighted by molar-refractivity contribution is 0.0958. The van der Waals surface area contributed by atoms with Gasteiger partial charge < -0.3 is 9.50 Å². The summed E-state index contributed by atoms with van der Waals surface area (Å²) in [6.07, 6.45) is 1.41. The number of amides is 1. The second kappa shape index (κ2) is 7.74. The van der Waals surface area contributed by atoms with Crippen molar-refractivity contribution in [2.75, 3.05) is 6.54 Å². The number of rotatable bonds is 6. The van der Waals surface area contributed by atoms with E-state index in [2.05, 4.69) is 16.1 Å². The number of carbonyl (C=O) groups is 1. The predicted octanol–water partition coefficient (Wildman–Crippen LogP) is 3.07. The van der Waals surface area contributed by atoms with Gasteiger partial charge in [0.15, 0.2) is 0 Å². The molecule has 144 valence electrons. The van der Waals surface area contributed by atoms with E-state index in [1.165, 1.54) is 6.08 Å². The van der Waals surface area contributed by atoms with E-state index in [-0.39, 0.29) is 12.1 Å². The zero-order valence-corrected chi connectivity index (χ0v) is 14.0. The maximum absolute atomic E-state index is 13.6. The molecule has 0 unspecified atom stereocenters. The fourth-order valence-electron chi connectivity index (χ4n) is 1.86. The molecule has 0 aliphatic carbocycles. The topological polar surface area (TPSA) is 72.5 Å². The Morgan fingerprint density at radius 3 is 1.93 bits per heavy atom. The molecule has 0 bridgehead atoms. The van der Waals surface area contributed by atoms with Crippen LogP contribution in [-0.4, -0.2) is 20.9 Å². The molecule has 5 nitrogen and oxygen atoms in total. The first kappa shape index (κ1) is 20.4. The third kappa shape index (κ3) is 4.08. The number of halogens is 5. The lowest BCUT2D eigenvalue weighted by atomic mass is 10.2. The van der Waals surface area contributed by atoms with Crippen molar-refractivity contribution in [3.05, 3.63) is 71.6 Å². The zero-order valence-electron chi connectivity index (χ0n) is 13.2. The maximum Gasteiger partial charge on any atom is 0.339 e. The smallest absolute Gasteiger partial charge is 0.339 e. The monoisotopic (exact) mass is 407 g/mol. The normalized spacial score (nSPS) is 11.1. The SMILES string of the molecule is C=CCNC(=O)c1ccc(S(=O)(=O)Oc2c(F)c(F)c(F)c(F)c2F)cc1. The Morgan fingerprint density at radius 1 is 0.963 bits per heavy atom. The number of carbonyl (C=O) groups excluding carboxylic acids is 1. The summed E-state index contributed by atoms with van der Waals surface area (Å²) < 4.78 is 94.6. The fraction of sp³-hybridized carbons (Fsp3) is 0.0625. The molecule has 0 aliphatic rings. The van der Waals surface area contributed by atoms with Crippen LogP contribution in [0.15, 0.2) is 41.8 Å². The van der Waals surface area contributed by atoms with Gasteiger partial charge >= 0.3 is 10.1 Å². The molecule has 27 heavy (non-hydrogen) atoms. The second-order valence-electron chi connectivity index (χ2n) is 4.96. The fourth-order valence-corrected chi connectivity index (χ4v) is 2.79. The molecule has 0 atom stereocenters. The van der Waals surface area contributed by atoms with E-state index < -0.39 is 55.8 Å². The van der Waals surface area contributed by atoms with Gasteiger partial charge in [-0.05, 0) is 24.3 Å².